The molecular weight excluding hydrogens is 453 g/mol. The molecule has 0 aliphatic carbocycles. The van der Waals surface area contributed by atoms with Crippen LogP contribution in [0.2, 0.25) is 0 Å². The van der Waals surface area contributed by atoms with Crippen LogP contribution in [0.3, 0.4) is 0 Å². The smallest absolute Gasteiger partial charge is 0.255 e. The molecule has 7 heteroatoms. The quantitative estimate of drug-likeness (QED) is 0.550. The molecule has 2 aromatic heterocycles. The molecule has 0 saturated carbocycles. The molecule has 1 aliphatic heterocycles. The summed E-state index contributed by atoms with van der Waals surface area (Å²) in [5, 5.41) is 8.65. The van der Waals surface area contributed by atoms with E-state index in [1.54, 1.807) is 6.20 Å². The minimum absolute atomic E-state index is 0.0937. The van der Waals surface area contributed by atoms with E-state index in [9.17, 15) is 4.79 Å². The third-order valence-electron chi connectivity index (χ3n) is 4.57. The predicted molar refractivity (Wildman–Crippen MR) is 113 cm³/mol. The van der Waals surface area contributed by atoms with Crippen LogP contribution in [-0.2, 0) is 0 Å². The van der Waals surface area contributed by atoms with Gasteiger partial charge in [-0.3, -0.25) is 9.78 Å². The van der Waals surface area contributed by atoms with Gasteiger partial charge < -0.3 is 9.80 Å². The van der Waals surface area contributed by atoms with Crippen molar-refractivity contribution < 1.29 is 4.79 Å². The summed E-state index contributed by atoms with van der Waals surface area (Å²) in [6, 6.07) is 17.3. The Morgan fingerprint density at radius 3 is 2.30 bits per heavy atom. The fourth-order valence-corrected chi connectivity index (χ4v) is 3.71. The lowest BCUT2D eigenvalue weighted by molar-refractivity contribution is 0.0745. The Kier molecular flexibility index (Phi) is 5.28. The molecule has 1 aliphatic rings. The van der Waals surface area contributed by atoms with E-state index in [1.807, 2.05) is 59.5 Å². The summed E-state index contributed by atoms with van der Waals surface area (Å²) in [5.74, 6) is 0.923. The zero-order valence-corrected chi connectivity index (χ0v) is 16.8. The molecule has 3 heterocycles. The van der Waals surface area contributed by atoms with Gasteiger partial charge in [0.25, 0.3) is 5.91 Å². The Hall–Kier alpha value is -2.55. The molecule has 136 valence electrons. The zero-order chi connectivity index (χ0) is 18.6. The number of hydrogen-bond donors (Lipinski definition) is 0. The molecule has 0 unspecified atom stereocenters. The van der Waals surface area contributed by atoms with Crippen molar-refractivity contribution in [1.29, 1.82) is 0 Å². The largest absolute Gasteiger partial charge is 0.352 e. The Bertz CT molecular complexity index is 925. The average Bonchev–Trinajstić information content (AvgIpc) is 2.74. The van der Waals surface area contributed by atoms with Crippen LogP contribution in [0.25, 0.3) is 11.4 Å². The molecular formula is C20H18IN5O. The van der Waals surface area contributed by atoms with Crippen molar-refractivity contribution >= 4 is 34.3 Å². The maximum atomic E-state index is 12.7. The van der Waals surface area contributed by atoms with E-state index in [4.69, 9.17) is 0 Å². The van der Waals surface area contributed by atoms with Crippen molar-refractivity contribution in [2.45, 2.75) is 0 Å². The number of hydrogen-bond acceptors (Lipinski definition) is 5. The Morgan fingerprint density at radius 1 is 0.852 bits per heavy atom. The maximum Gasteiger partial charge on any atom is 0.255 e. The molecule has 0 N–H and O–H groups in total. The van der Waals surface area contributed by atoms with Gasteiger partial charge in [0.1, 0.15) is 5.69 Å². The fraction of sp³-hybridized carbons (Fsp3) is 0.200. The predicted octanol–water partition coefficient (Wildman–Crippen LogP) is 3.11. The van der Waals surface area contributed by atoms with Gasteiger partial charge in [0.05, 0.1) is 11.3 Å². The van der Waals surface area contributed by atoms with Crippen LogP contribution in [0, 0.1) is 3.57 Å². The summed E-state index contributed by atoms with van der Waals surface area (Å²) in [7, 11) is 0. The van der Waals surface area contributed by atoms with Crippen LogP contribution < -0.4 is 4.90 Å². The van der Waals surface area contributed by atoms with Crippen molar-refractivity contribution in [3.8, 4) is 11.4 Å². The van der Waals surface area contributed by atoms with Crippen LogP contribution >= 0.6 is 22.6 Å². The highest BCUT2D eigenvalue weighted by Crippen LogP contribution is 2.19. The van der Waals surface area contributed by atoms with Crippen molar-refractivity contribution in [2.75, 3.05) is 31.1 Å². The third-order valence-corrected chi connectivity index (χ3v) is 5.51. The first-order valence-electron chi connectivity index (χ1n) is 8.76. The summed E-state index contributed by atoms with van der Waals surface area (Å²) in [6.45, 7) is 2.83. The molecule has 0 radical (unpaired) electrons. The number of halogens is 1. The lowest BCUT2D eigenvalue weighted by atomic mass is 10.2. The molecule has 0 atom stereocenters. The van der Waals surface area contributed by atoms with Crippen molar-refractivity contribution in [3.63, 3.8) is 0 Å². The Morgan fingerprint density at radius 2 is 1.63 bits per heavy atom. The second-order valence-electron chi connectivity index (χ2n) is 6.25. The Balaban J connectivity index is 1.41. The molecule has 3 aromatic rings. The topological polar surface area (TPSA) is 62.2 Å². The number of pyridine rings is 1. The van der Waals surface area contributed by atoms with Crippen LogP contribution in [0.1, 0.15) is 10.4 Å². The third kappa shape index (κ3) is 3.92. The van der Waals surface area contributed by atoms with Gasteiger partial charge in [-0.05, 0) is 59.0 Å². The number of benzene rings is 1. The molecule has 0 bridgehead atoms. The van der Waals surface area contributed by atoms with E-state index in [0.717, 1.165) is 39.4 Å². The number of carbonyl (C=O) groups excluding carboxylic acids is 1. The van der Waals surface area contributed by atoms with Crippen LogP contribution in [0.5, 0.6) is 0 Å². The first kappa shape index (κ1) is 17.8. The molecule has 1 fully saturated rings. The molecule has 1 saturated heterocycles. The molecule has 4 rings (SSSR count). The zero-order valence-electron chi connectivity index (χ0n) is 14.6. The van der Waals surface area contributed by atoms with Gasteiger partial charge in [0.15, 0.2) is 5.82 Å². The van der Waals surface area contributed by atoms with E-state index in [2.05, 4.69) is 42.7 Å². The number of piperazine rings is 1. The number of rotatable bonds is 3. The van der Waals surface area contributed by atoms with Gasteiger partial charge >= 0.3 is 0 Å². The number of aromatic nitrogens is 3. The minimum Gasteiger partial charge on any atom is -0.352 e. The normalized spacial score (nSPS) is 14.3. The van der Waals surface area contributed by atoms with E-state index < -0.39 is 0 Å². The van der Waals surface area contributed by atoms with E-state index in [1.165, 1.54) is 0 Å². The first-order chi connectivity index (χ1) is 13.2. The SMILES string of the molecule is O=C(c1ccccc1I)N1CCN(c2ccc(-c3ccccn3)nn2)CC1. The number of carbonyl (C=O) groups is 1. The molecule has 1 aromatic carbocycles. The highest BCUT2D eigenvalue weighted by Gasteiger charge is 2.24. The molecule has 0 spiro atoms. The van der Waals surface area contributed by atoms with Crippen LogP contribution in [0.4, 0.5) is 5.82 Å². The maximum absolute atomic E-state index is 12.7. The molecule has 27 heavy (non-hydrogen) atoms. The highest BCUT2D eigenvalue weighted by atomic mass is 127. The van der Waals surface area contributed by atoms with Gasteiger partial charge in [0.2, 0.25) is 0 Å². The standard InChI is InChI=1S/C20H18IN5O/c21-16-6-2-1-5-15(16)20(27)26-13-11-25(12-14-26)19-9-8-18(23-24-19)17-7-3-4-10-22-17/h1-10H,11-14H2. The summed E-state index contributed by atoms with van der Waals surface area (Å²) < 4.78 is 0.985. The molecule has 1 amide bonds. The van der Waals surface area contributed by atoms with E-state index in [-0.39, 0.29) is 5.91 Å². The highest BCUT2D eigenvalue weighted by molar-refractivity contribution is 14.1. The van der Waals surface area contributed by atoms with Gasteiger partial charge in [-0.1, -0.05) is 18.2 Å². The second kappa shape index (κ2) is 7.99. The summed E-state index contributed by atoms with van der Waals surface area (Å²) in [5.41, 5.74) is 2.34. The van der Waals surface area contributed by atoms with Gasteiger partial charge in [-0.15, -0.1) is 10.2 Å². The number of anilines is 1. The minimum atomic E-state index is 0.0937. The summed E-state index contributed by atoms with van der Waals surface area (Å²) in [6.07, 6.45) is 1.75. The van der Waals surface area contributed by atoms with Crippen molar-refractivity contribution in [2.24, 2.45) is 0 Å². The van der Waals surface area contributed by atoms with Crippen molar-refractivity contribution in [1.82, 2.24) is 20.1 Å². The molecule has 6 nitrogen and oxygen atoms in total. The Labute approximate surface area is 171 Å². The van der Waals surface area contributed by atoms with Gasteiger partial charge in [-0.25, -0.2) is 0 Å². The second-order valence-corrected chi connectivity index (χ2v) is 7.41. The average molecular weight is 471 g/mol. The lowest BCUT2D eigenvalue weighted by Gasteiger charge is -2.35. The summed E-state index contributed by atoms with van der Waals surface area (Å²) >= 11 is 2.21. The van der Waals surface area contributed by atoms with Crippen LogP contribution in [-0.4, -0.2) is 52.2 Å². The van der Waals surface area contributed by atoms with E-state index in [0.29, 0.717) is 13.1 Å². The van der Waals surface area contributed by atoms with E-state index >= 15 is 0 Å². The lowest BCUT2D eigenvalue weighted by Crippen LogP contribution is -2.49. The van der Waals surface area contributed by atoms with Gasteiger partial charge in [0, 0.05) is 35.9 Å². The number of nitrogens with zero attached hydrogens (tertiary/aromatic N) is 5. The van der Waals surface area contributed by atoms with Crippen LogP contribution in [0.15, 0.2) is 60.8 Å². The monoisotopic (exact) mass is 471 g/mol. The van der Waals surface area contributed by atoms with Gasteiger partial charge in [-0.2, -0.15) is 0 Å². The fourth-order valence-electron chi connectivity index (χ4n) is 3.09. The first-order valence-corrected chi connectivity index (χ1v) is 9.84. The van der Waals surface area contributed by atoms with Crippen molar-refractivity contribution in [3.05, 3.63) is 69.9 Å². The number of amides is 1. The summed E-state index contributed by atoms with van der Waals surface area (Å²) in [4.78, 5) is 21.1.